The molecular weight excluding hydrogens is 332 g/mol. The molecule has 2 aromatic rings. The first kappa shape index (κ1) is 17.9. The molecule has 0 saturated heterocycles. The van der Waals surface area contributed by atoms with Crippen LogP contribution in [-0.2, 0) is 4.74 Å². The van der Waals surface area contributed by atoms with Crippen molar-refractivity contribution >= 4 is 23.5 Å². The largest absolute Gasteiger partial charge is 0.484 e. The van der Waals surface area contributed by atoms with E-state index < -0.39 is 5.97 Å². The SMILES string of the molecule is CCOC(=O)c1cc(OC(C)c2ccc(Cl)cc2)c(C(=O)NC)[nH]1. The van der Waals surface area contributed by atoms with Crippen LogP contribution in [0.4, 0.5) is 0 Å². The fraction of sp³-hybridized carbons (Fsp3) is 0.294. The molecule has 0 aliphatic heterocycles. The predicted octanol–water partition coefficient (Wildman–Crippen LogP) is 3.34. The number of halogens is 1. The maximum atomic E-state index is 12.0. The molecule has 2 N–H and O–H groups in total. The summed E-state index contributed by atoms with van der Waals surface area (Å²) < 4.78 is 10.8. The minimum Gasteiger partial charge on any atom is -0.484 e. The molecule has 0 saturated carbocycles. The lowest BCUT2D eigenvalue weighted by molar-refractivity contribution is 0.0520. The van der Waals surface area contributed by atoms with Gasteiger partial charge in [0.1, 0.15) is 17.5 Å². The Morgan fingerprint density at radius 1 is 1.29 bits per heavy atom. The minimum atomic E-state index is -0.545. The third-order valence-corrected chi connectivity index (χ3v) is 3.63. The quantitative estimate of drug-likeness (QED) is 0.783. The van der Waals surface area contributed by atoms with Gasteiger partial charge in [0.25, 0.3) is 5.91 Å². The average molecular weight is 351 g/mol. The van der Waals surface area contributed by atoms with Crippen LogP contribution in [0.15, 0.2) is 30.3 Å². The monoisotopic (exact) mass is 350 g/mol. The van der Waals surface area contributed by atoms with E-state index in [1.165, 1.54) is 13.1 Å². The Labute approximate surface area is 145 Å². The molecule has 7 heteroatoms. The fourth-order valence-corrected chi connectivity index (χ4v) is 2.26. The molecule has 1 atom stereocenters. The highest BCUT2D eigenvalue weighted by atomic mass is 35.5. The van der Waals surface area contributed by atoms with Gasteiger partial charge in [-0.25, -0.2) is 4.79 Å². The Balaban J connectivity index is 2.28. The number of hydrogen-bond donors (Lipinski definition) is 2. The summed E-state index contributed by atoms with van der Waals surface area (Å²) in [6.45, 7) is 3.79. The number of benzene rings is 1. The lowest BCUT2D eigenvalue weighted by atomic mass is 10.1. The third-order valence-electron chi connectivity index (χ3n) is 3.37. The number of ether oxygens (including phenoxy) is 2. The van der Waals surface area contributed by atoms with Gasteiger partial charge in [0.05, 0.1) is 6.61 Å². The van der Waals surface area contributed by atoms with Crippen molar-refractivity contribution in [1.29, 1.82) is 0 Å². The van der Waals surface area contributed by atoms with E-state index in [1.54, 1.807) is 19.1 Å². The Morgan fingerprint density at radius 2 is 1.96 bits per heavy atom. The molecule has 0 aliphatic rings. The summed E-state index contributed by atoms with van der Waals surface area (Å²) in [4.78, 5) is 26.6. The van der Waals surface area contributed by atoms with Crippen LogP contribution in [0.5, 0.6) is 5.75 Å². The normalized spacial score (nSPS) is 11.7. The highest BCUT2D eigenvalue weighted by Crippen LogP contribution is 2.27. The zero-order valence-electron chi connectivity index (χ0n) is 13.7. The molecule has 0 bridgehead atoms. The lowest BCUT2D eigenvalue weighted by Gasteiger charge is -2.15. The Hall–Kier alpha value is -2.47. The van der Waals surface area contributed by atoms with E-state index in [4.69, 9.17) is 21.1 Å². The van der Waals surface area contributed by atoms with Crippen LogP contribution in [0.3, 0.4) is 0 Å². The summed E-state index contributed by atoms with van der Waals surface area (Å²) in [6.07, 6.45) is -0.337. The second-order valence-electron chi connectivity index (χ2n) is 5.03. The molecule has 1 aromatic heterocycles. The molecular formula is C17H19ClN2O4. The van der Waals surface area contributed by atoms with Gasteiger partial charge >= 0.3 is 5.97 Å². The first-order valence-corrected chi connectivity index (χ1v) is 7.88. The number of H-pyrrole nitrogens is 1. The summed E-state index contributed by atoms with van der Waals surface area (Å²) >= 11 is 5.88. The Kier molecular flexibility index (Phi) is 5.87. The maximum Gasteiger partial charge on any atom is 0.354 e. The van der Waals surface area contributed by atoms with E-state index in [2.05, 4.69) is 10.3 Å². The van der Waals surface area contributed by atoms with Crippen LogP contribution in [-0.4, -0.2) is 30.5 Å². The van der Waals surface area contributed by atoms with E-state index in [1.807, 2.05) is 19.1 Å². The van der Waals surface area contributed by atoms with Gasteiger partial charge in [0.15, 0.2) is 5.75 Å². The second kappa shape index (κ2) is 7.88. The average Bonchev–Trinajstić information content (AvgIpc) is 2.99. The first-order chi connectivity index (χ1) is 11.5. The van der Waals surface area contributed by atoms with E-state index in [0.717, 1.165) is 5.56 Å². The van der Waals surface area contributed by atoms with Crippen LogP contribution in [0.2, 0.25) is 5.02 Å². The highest BCUT2D eigenvalue weighted by Gasteiger charge is 2.22. The van der Waals surface area contributed by atoms with Crippen molar-refractivity contribution in [1.82, 2.24) is 10.3 Å². The molecule has 1 heterocycles. The number of carbonyl (C=O) groups excluding carboxylic acids is 2. The first-order valence-electron chi connectivity index (χ1n) is 7.50. The van der Waals surface area contributed by atoms with Crippen LogP contribution < -0.4 is 10.1 Å². The molecule has 128 valence electrons. The zero-order chi connectivity index (χ0) is 17.7. The Morgan fingerprint density at radius 3 is 2.54 bits per heavy atom. The van der Waals surface area contributed by atoms with Gasteiger partial charge in [-0.2, -0.15) is 0 Å². The van der Waals surface area contributed by atoms with Crippen molar-refractivity contribution in [3.05, 3.63) is 52.3 Å². The van der Waals surface area contributed by atoms with Crippen LogP contribution >= 0.6 is 11.6 Å². The number of carbonyl (C=O) groups is 2. The summed E-state index contributed by atoms with van der Waals surface area (Å²) in [5.74, 6) is -0.652. The second-order valence-corrected chi connectivity index (χ2v) is 5.47. The molecule has 0 radical (unpaired) electrons. The van der Waals surface area contributed by atoms with Crippen molar-refractivity contribution in [3.8, 4) is 5.75 Å². The van der Waals surface area contributed by atoms with Crippen molar-refractivity contribution < 1.29 is 19.1 Å². The van der Waals surface area contributed by atoms with Gasteiger partial charge in [-0.1, -0.05) is 23.7 Å². The zero-order valence-corrected chi connectivity index (χ0v) is 14.4. The van der Waals surface area contributed by atoms with Gasteiger partial charge in [0.2, 0.25) is 0 Å². The van der Waals surface area contributed by atoms with E-state index >= 15 is 0 Å². The van der Waals surface area contributed by atoms with Crippen LogP contribution in [0.1, 0.15) is 46.5 Å². The standard InChI is InChI=1S/C17H19ClN2O4/c1-4-23-17(22)13-9-14(15(20-13)16(21)19-3)24-10(2)11-5-7-12(18)8-6-11/h5-10,20H,4H2,1-3H3,(H,19,21). The number of rotatable bonds is 6. The number of nitrogens with one attached hydrogen (secondary N) is 2. The summed E-state index contributed by atoms with van der Waals surface area (Å²) in [5.41, 5.74) is 1.22. The molecule has 6 nitrogen and oxygen atoms in total. The van der Waals surface area contributed by atoms with Gasteiger partial charge < -0.3 is 19.8 Å². The Bertz CT molecular complexity index is 725. The van der Waals surface area contributed by atoms with Gasteiger partial charge in [-0.15, -0.1) is 0 Å². The molecule has 1 aromatic carbocycles. The van der Waals surface area contributed by atoms with Crippen LogP contribution in [0, 0.1) is 0 Å². The van der Waals surface area contributed by atoms with Crippen LogP contribution in [0.25, 0.3) is 0 Å². The van der Waals surface area contributed by atoms with Crippen molar-refractivity contribution in [2.24, 2.45) is 0 Å². The van der Waals surface area contributed by atoms with Gasteiger partial charge in [0, 0.05) is 18.1 Å². The van der Waals surface area contributed by atoms with Gasteiger partial charge in [-0.3, -0.25) is 4.79 Å². The molecule has 24 heavy (non-hydrogen) atoms. The van der Waals surface area contributed by atoms with E-state index in [9.17, 15) is 9.59 Å². The molecule has 1 unspecified atom stereocenters. The van der Waals surface area contributed by atoms with Crippen molar-refractivity contribution in [2.75, 3.05) is 13.7 Å². The van der Waals surface area contributed by atoms with Crippen molar-refractivity contribution in [3.63, 3.8) is 0 Å². The smallest absolute Gasteiger partial charge is 0.354 e. The number of amides is 1. The number of esters is 1. The fourth-order valence-electron chi connectivity index (χ4n) is 2.13. The molecule has 0 spiro atoms. The van der Waals surface area contributed by atoms with E-state index in [-0.39, 0.29) is 35.8 Å². The van der Waals surface area contributed by atoms with Gasteiger partial charge in [-0.05, 0) is 31.5 Å². The minimum absolute atomic E-state index is 0.161. The number of aromatic amines is 1. The predicted molar refractivity (Wildman–Crippen MR) is 90.6 cm³/mol. The summed E-state index contributed by atoms with van der Waals surface area (Å²) in [7, 11) is 1.50. The number of hydrogen-bond acceptors (Lipinski definition) is 4. The maximum absolute atomic E-state index is 12.0. The summed E-state index contributed by atoms with van der Waals surface area (Å²) in [6, 6.07) is 8.67. The molecule has 0 fully saturated rings. The lowest BCUT2D eigenvalue weighted by Crippen LogP contribution is -2.19. The van der Waals surface area contributed by atoms with E-state index in [0.29, 0.717) is 5.02 Å². The highest BCUT2D eigenvalue weighted by molar-refractivity contribution is 6.30. The molecule has 0 aliphatic carbocycles. The molecule has 1 amide bonds. The topological polar surface area (TPSA) is 80.4 Å². The number of aromatic nitrogens is 1. The molecule has 2 rings (SSSR count). The third kappa shape index (κ3) is 4.08. The summed E-state index contributed by atoms with van der Waals surface area (Å²) in [5, 5.41) is 3.13. The van der Waals surface area contributed by atoms with Crippen molar-refractivity contribution in [2.45, 2.75) is 20.0 Å².